The number of nitrogens with one attached hydrogen (secondary N) is 1. The molecule has 0 atom stereocenters. The Hall–Kier alpha value is -1.34. The largest absolute Gasteiger partial charge is 0.450 e. The van der Waals surface area contributed by atoms with Crippen molar-refractivity contribution < 1.29 is 23.8 Å². The van der Waals surface area contributed by atoms with Gasteiger partial charge < -0.3 is 24.4 Å². The SMILES string of the molecule is CCOC(=O)NCCC(=O)N1CCC(C2OCCO2)CC1. The zero-order valence-electron chi connectivity index (χ0n) is 12.5. The smallest absolute Gasteiger partial charge is 0.407 e. The summed E-state index contributed by atoms with van der Waals surface area (Å²) >= 11 is 0. The molecular formula is C14H24N2O5. The van der Waals surface area contributed by atoms with Crippen molar-refractivity contribution in [2.75, 3.05) is 39.5 Å². The number of carbonyl (C=O) groups excluding carboxylic acids is 2. The van der Waals surface area contributed by atoms with E-state index in [0.29, 0.717) is 38.7 Å². The number of hydrogen-bond donors (Lipinski definition) is 1. The second kappa shape index (κ2) is 8.19. The molecule has 21 heavy (non-hydrogen) atoms. The molecule has 2 fully saturated rings. The number of carbonyl (C=O) groups is 2. The van der Waals surface area contributed by atoms with E-state index in [1.54, 1.807) is 6.92 Å². The second-order valence-corrected chi connectivity index (χ2v) is 5.23. The summed E-state index contributed by atoms with van der Waals surface area (Å²) in [6.45, 7) is 5.18. The minimum atomic E-state index is -0.473. The van der Waals surface area contributed by atoms with E-state index in [9.17, 15) is 9.59 Å². The average Bonchev–Trinajstić information content (AvgIpc) is 3.02. The fourth-order valence-corrected chi connectivity index (χ4v) is 2.68. The molecule has 0 radical (unpaired) electrons. The minimum absolute atomic E-state index is 0.0681. The van der Waals surface area contributed by atoms with Crippen LogP contribution in [0.5, 0.6) is 0 Å². The van der Waals surface area contributed by atoms with Crippen molar-refractivity contribution in [1.82, 2.24) is 10.2 Å². The van der Waals surface area contributed by atoms with Crippen molar-refractivity contribution in [2.45, 2.75) is 32.5 Å². The molecule has 2 aliphatic rings. The fraction of sp³-hybridized carbons (Fsp3) is 0.857. The van der Waals surface area contributed by atoms with E-state index in [1.807, 2.05) is 4.90 Å². The zero-order valence-corrected chi connectivity index (χ0v) is 12.5. The first-order valence-corrected chi connectivity index (χ1v) is 7.62. The average molecular weight is 300 g/mol. The van der Waals surface area contributed by atoms with Crippen LogP contribution in [0.3, 0.4) is 0 Å². The molecule has 2 amide bonds. The monoisotopic (exact) mass is 300 g/mol. The molecule has 2 heterocycles. The Balaban J connectivity index is 1.62. The van der Waals surface area contributed by atoms with Crippen molar-refractivity contribution in [1.29, 1.82) is 0 Å². The van der Waals surface area contributed by atoms with Crippen LogP contribution in [0.25, 0.3) is 0 Å². The van der Waals surface area contributed by atoms with Crippen LogP contribution >= 0.6 is 0 Å². The minimum Gasteiger partial charge on any atom is -0.450 e. The standard InChI is InChI=1S/C14H24N2O5/c1-2-19-14(18)15-6-3-12(17)16-7-4-11(5-8-16)13-20-9-10-21-13/h11,13H,2-10H2,1H3,(H,15,18). The van der Waals surface area contributed by atoms with Gasteiger partial charge >= 0.3 is 6.09 Å². The Morgan fingerprint density at radius 1 is 1.24 bits per heavy atom. The van der Waals surface area contributed by atoms with Crippen molar-refractivity contribution in [2.24, 2.45) is 5.92 Å². The summed E-state index contributed by atoms with van der Waals surface area (Å²) in [6.07, 6.45) is 1.55. The summed E-state index contributed by atoms with van der Waals surface area (Å²) in [5, 5.41) is 2.56. The van der Waals surface area contributed by atoms with Gasteiger partial charge in [-0.15, -0.1) is 0 Å². The molecule has 0 aromatic heterocycles. The van der Waals surface area contributed by atoms with Crippen LogP contribution in [-0.2, 0) is 19.0 Å². The van der Waals surface area contributed by atoms with E-state index in [2.05, 4.69) is 5.32 Å². The van der Waals surface area contributed by atoms with Crippen LogP contribution in [0.2, 0.25) is 0 Å². The van der Waals surface area contributed by atoms with Crippen LogP contribution in [0, 0.1) is 5.92 Å². The van der Waals surface area contributed by atoms with Gasteiger partial charge in [0.05, 0.1) is 19.8 Å². The van der Waals surface area contributed by atoms with Crippen LogP contribution in [0.1, 0.15) is 26.2 Å². The molecule has 0 saturated carbocycles. The highest BCUT2D eigenvalue weighted by atomic mass is 16.7. The third kappa shape index (κ3) is 4.86. The van der Waals surface area contributed by atoms with Crippen LogP contribution < -0.4 is 5.32 Å². The van der Waals surface area contributed by atoms with Gasteiger partial charge in [0.1, 0.15) is 0 Å². The highest BCUT2D eigenvalue weighted by Crippen LogP contribution is 2.25. The molecule has 0 bridgehead atoms. The number of piperidine rings is 1. The van der Waals surface area contributed by atoms with E-state index in [1.165, 1.54) is 0 Å². The third-order valence-corrected chi connectivity index (χ3v) is 3.81. The normalized spacial score (nSPS) is 20.5. The van der Waals surface area contributed by atoms with Gasteiger partial charge in [0.25, 0.3) is 0 Å². The summed E-state index contributed by atoms with van der Waals surface area (Å²) in [7, 11) is 0. The Morgan fingerprint density at radius 3 is 2.52 bits per heavy atom. The van der Waals surface area contributed by atoms with Crippen molar-refractivity contribution in [3.63, 3.8) is 0 Å². The van der Waals surface area contributed by atoms with Crippen LogP contribution in [0.15, 0.2) is 0 Å². The molecule has 2 aliphatic heterocycles. The maximum atomic E-state index is 12.0. The molecule has 7 nitrogen and oxygen atoms in total. The molecule has 0 aromatic rings. The van der Waals surface area contributed by atoms with Gasteiger partial charge in [-0.05, 0) is 19.8 Å². The third-order valence-electron chi connectivity index (χ3n) is 3.81. The first-order valence-electron chi connectivity index (χ1n) is 7.62. The Bertz CT molecular complexity index is 349. The Kier molecular flexibility index (Phi) is 6.25. The van der Waals surface area contributed by atoms with Crippen LogP contribution in [0.4, 0.5) is 4.79 Å². The van der Waals surface area contributed by atoms with E-state index in [-0.39, 0.29) is 12.2 Å². The predicted octanol–water partition coefficient (Wildman–Crippen LogP) is 0.734. The molecule has 0 aromatic carbocycles. The Labute approximate surface area is 124 Å². The zero-order chi connectivity index (χ0) is 15.1. The molecule has 0 aliphatic carbocycles. The quantitative estimate of drug-likeness (QED) is 0.810. The number of rotatable bonds is 5. The lowest BCUT2D eigenvalue weighted by molar-refractivity contribution is -0.136. The Morgan fingerprint density at radius 2 is 1.90 bits per heavy atom. The molecule has 0 unspecified atom stereocenters. The molecule has 2 rings (SSSR count). The summed E-state index contributed by atoms with van der Waals surface area (Å²) < 4.78 is 15.8. The lowest BCUT2D eigenvalue weighted by Crippen LogP contribution is -2.42. The fourth-order valence-electron chi connectivity index (χ4n) is 2.68. The van der Waals surface area contributed by atoms with Crippen molar-refractivity contribution in [3.05, 3.63) is 0 Å². The number of nitrogens with zero attached hydrogens (tertiary/aromatic N) is 1. The maximum Gasteiger partial charge on any atom is 0.407 e. The summed E-state index contributed by atoms with van der Waals surface area (Å²) in [6, 6.07) is 0. The van der Waals surface area contributed by atoms with Gasteiger partial charge in [-0.1, -0.05) is 0 Å². The number of hydrogen-bond acceptors (Lipinski definition) is 5. The first kappa shape index (κ1) is 16.0. The topological polar surface area (TPSA) is 77.1 Å². The summed E-state index contributed by atoms with van der Waals surface area (Å²) in [4.78, 5) is 25.0. The number of amides is 2. The van der Waals surface area contributed by atoms with Gasteiger partial charge in [-0.3, -0.25) is 4.79 Å². The molecular weight excluding hydrogens is 276 g/mol. The van der Waals surface area contributed by atoms with Gasteiger partial charge in [-0.2, -0.15) is 0 Å². The molecule has 2 saturated heterocycles. The maximum absolute atomic E-state index is 12.0. The number of ether oxygens (including phenoxy) is 3. The lowest BCUT2D eigenvalue weighted by Gasteiger charge is -2.33. The molecule has 0 spiro atoms. The summed E-state index contributed by atoms with van der Waals surface area (Å²) in [5.74, 6) is 0.452. The molecule has 7 heteroatoms. The van der Waals surface area contributed by atoms with E-state index >= 15 is 0 Å². The van der Waals surface area contributed by atoms with Gasteiger partial charge in [-0.25, -0.2) is 4.79 Å². The lowest BCUT2D eigenvalue weighted by atomic mass is 9.96. The molecule has 1 N–H and O–H groups in total. The number of likely N-dealkylation sites (tertiary alicyclic amines) is 1. The van der Waals surface area contributed by atoms with E-state index < -0.39 is 6.09 Å². The highest BCUT2D eigenvalue weighted by molar-refractivity contribution is 5.77. The van der Waals surface area contributed by atoms with Crippen LogP contribution in [-0.4, -0.2) is 62.6 Å². The van der Waals surface area contributed by atoms with Gasteiger partial charge in [0, 0.05) is 32.0 Å². The second-order valence-electron chi connectivity index (χ2n) is 5.23. The van der Waals surface area contributed by atoms with Crippen molar-refractivity contribution in [3.8, 4) is 0 Å². The highest BCUT2D eigenvalue weighted by Gasteiger charge is 2.31. The first-order chi connectivity index (χ1) is 10.2. The van der Waals surface area contributed by atoms with Crippen molar-refractivity contribution >= 4 is 12.0 Å². The number of alkyl carbamates (subject to hydrolysis) is 1. The van der Waals surface area contributed by atoms with Gasteiger partial charge in [0.15, 0.2) is 6.29 Å². The molecule has 120 valence electrons. The van der Waals surface area contributed by atoms with E-state index in [0.717, 1.165) is 25.9 Å². The predicted molar refractivity (Wildman–Crippen MR) is 74.6 cm³/mol. The van der Waals surface area contributed by atoms with E-state index in [4.69, 9.17) is 14.2 Å². The van der Waals surface area contributed by atoms with Gasteiger partial charge in [0.2, 0.25) is 5.91 Å². The summed E-state index contributed by atoms with van der Waals surface area (Å²) in [5.41, 5.74) is 0.